The summed E-state index contributed by atoms with van der Waals surface area (Å²) in [5.41, 5.74) is 1.75. The molecule has 1 aromatic carbocycles. The van der Waals surface area contributed by atoms with E-state index in [4.69, 9.17) is 9.57 Å². The van der Waals surface area contributed by atoms with Crippen LogP contribution < -0.4 is 5.32 Å². The quantitative estimate of drug-likeness (QED) is 0.846. The molecule has 3 atom stereocenters. The van der Waals surface area contributed by atoms with Crippen molar-refractivity contribution in [3.63, 3.8) is 0 Å². The van der Waals surface area contributed by atoms with Crippen LogP contribution in [0.4, 0.5) is 4.39 Å². The molecule has 1 amide bonds. The highest BCUT2D eigenvalue weighted by molar-refractivity contribution is 5.87. The van der Waals surface area contributed by atoms with Gasteiger partial charge in [-0.25, -0.2) is 4.39 Å². The topological polar surface area (TPSA) is 59.9 Å². The summed E-state index contributed by atoms with van der Waals surface area (Å²) < 4.78 is 19.0. The van der Waals surface area contributed by atoms with E-state index >= 15 is 0 Å². The molecule has 1 N–H and O–H groups in total. The van der Waals surface area contributed by atoms with Crippen molar-refractivity contribution in [2.24, 2.45) is 17.0 Å². The Bertz CT molecular complexity index is 662. The van der Waals surface area contributed by atoms with Gasteiger partial charge in [0.1, 0.15) is 11.9 Å². The first kappa shape index (κ1) is 18.8. The fraction of sp³-hybridized carbons (Fsp3) is 0.600. The average Bonchev–Trinajstić information content (AvgIpc) is 3.07. The summed E-state index contributed by atoms with van der Waals surface area (Å²) in [6.45, 7) is 5.32. The predicted octanol–water partition coefficient (Wildman–Crippen LogP) is 3.08. The summed E-state index contributed by atoms with van der Waals surface area (Å²) in [5.74, 6) is 0.246. The van der Waals surface area contributed by atoms with Crippen LogP contribution in [0.25, 0.3) is 0 Å². The molecule has 2 aliphatic rings. The van der Waals surface area contributed by atoms with Gasteiger partial charge in [-0.2, -0.15) is 0 Å². The fourth-order valence-corrected chi connectivity index (χ4v) is 3.47. The summed E-state index contributed by atoms with van der Waals surface area (Å²) >= 11 is 0. The molecule has 0 saturated carbocycles. The van der Waals surface area contributed by atoms with Crippen molar-refractivity contribution in [3.05, 3.63) is 35.6 Å². The number of hydrogen-bond acceptors (Lipinski definition) is 4. The van der Waals surface area contributed by atoms with Crippen LogP contribution in [-0.4, -0.2) is 37.0 Å². The van der Waals surface area contributed by atoms with Gasteiger partial charge in [-0.05, 0) is 36.5 Å². The van der Waals surface area contributed by atoms with Gasteiger partial charge in [-0.1, -0.05) is 31.1 Å². The largest absolute Gasteiger partial charge is 0.390 e. The number of rotatable bonds is 6. The number of carbonyl (C=O) groups is 1. The molecule has 6 heteroatoms. The molecule has 2 aliphatic heterocycles. The maximum absolute atomic E-state index is 13.3. The molecule has 1 fully saturated rings. The molecule has 5 nitrogen and oxygen atoms in total. The Balaban J connectivity index is 1.41. The zero-order chi connectivity index (χ0) is 18.5. The summed E-state index contributed by atoms with van der Waals surface area (Å²) in [5, 5.41) is 7.09. The molecule has 26 heavy (non-hydrogen) atoms. The molecule has 0 spiro atoms. The second kappa shape index (κ2) is 8.62. The Morgan fingerprint density at radius 3 is 3.04 bits per heavy atom. The van der Waals surface area contributed by atoms with Gasteiger partial charge in [-0.3, -0.25) is 4.79 Å². The summed E-state index contributed by atoms with van der Waals surface area (Å²) in [6.07, 6.45) is 2.77. The maximum Gasteiger partial charge on any atom is 0.223 e. The number of oxime groups is 1. The van der Waals surface area contributed by atoms with Crippen molar-refractivity contribution in [2.75, 3.05) is 13.2 Å². The molecule has 2 heterocycles. The Kier molecular flexibility index (Phi) is 6.25. The second-order valence-corrected chi connectivity index (χ2v) is 7.52. The average molecular weight is 362 g/mol. The zero-order valence-electron chi connectivity index (χ0n) is 15.4. The van der Waals surface area contributed by atoms with E-state index in [1.54, 1.807) is 6.07 Å². The van der Waals surface area contributed by atoms with Crippen LogP contribution in [0.5, 0.6) is 0 Å². The van der Waals surface area contributed by atoms with E-state index in [0.717, 1.165) is 24.1 Å². The number of amides is 1. The third-order valence-electron chi connectivity index (χ3n) is 5.02. The molecule has 0 aliphatic carbocycles. The van der Waals surface area contributed by atoms with E-state index < -0.39 is 0 Å². The standard InChI is InChI=1S/C20H27FN2O3/c1-13(2)19-10-15(6-7-25-19)20(24)22-12-18-11-17(23-26-18)9-14-4-3-5-16(21)8-14/h3-5,8,13,15,18-19H,6-7,9-12H2,1-2H3,(H,22,24)/t15-,18+,19-/m1/s1. The van der Waals surface area contributed by atoms with E-state index in [-0.39, 0.29) is 29.9 Å². The van der Waals surface area contributed by atoms with Gasteiger partial charge in [-0.15, -0.1) is 0 Å². The number of halogens is 1. The molecule has 142 valence electrons. The van der Waals surface area contributed by atoms with Gasteiger partial charge in [0.25, 0.3) is 0 Å². The van der Waals surface area contributed by atoms with Crippen LogP contribution in [0.2, 0.25) is 0 Å². The van der Waals surface area contributed by atoms with Crippen LogP contribution in [0, 0.1) is 17.7 Å². The predicted molar refractivity (Wildman–Crippen MR) is 97.3 cm³/mol. The van der Waals surface area contributed by atoms with Crippen molar-refractivity contribution in [1.29, 1.82) is 0 Å². The molecule has 1 aromatic rings. The molecular formula is C20H27FN2O3. The van der Waals surface area contributed by atoms with Gasteiger partial charge >= 0.3 is 0 Å². The summed E-state index contributed by atoms with van der Waals surface area (Å²) in [6, 6.07) is 6.50. The summed E-state index contributed by atoms with van der Waals surface area (Å²) in [4.78, 5) is 17.9. The minimum absolute atomic E-state index is 0.00485. The molecule has 0 bridgehead atoms. The van der Waals surface area contributed by atoms with E-state index in [1.165, 1.54) is 12.1 Å². The van der Waals surface area contributed by atoms with Crippen molar-refractivity contribution >= 4 is 11.6 Å². The number of benzene rings is 1. The Morgan fingerprint density at radius 1 is 1.42 bits per heavy atom. The number of ether oxygens (including phenoxy) is 1. The Hall–Kier alpha value is -1.95. The lowest BCUT2D eigenvalue weighted by Crippen LogP contribution is -2.41. The lowest BCUT2D eigenvalue weighted by atomic mass is 9.89. The summed E-state index contributed by atoms with van der Waals surface area (Å²) in [7, 11) is 0. The van der Waals surface area contributed by atoms with E-state index in [9.17, 15) is 9.18 Å². The van der Waals surface area contributed by atoms with Gasteiger partial charge in [0, 0.05) is 25.4 Å². The van der Waals surface area contributed by atoms with Crippen LogP contribution in [0.3, 0.4) is 0 Å². The number of carbonyl (C=O) groups excluding carboxylic acids is 1. The van der Waals surface area contributed by atoms with Gasteiger partial charge in [0.2, 0.25) is 5.91 Å². The molecular weight excluding hydrogens is 335 g/mol. The van der Waals surface area contributed by atoms with Crippen LogP contribution in [0.1, 0.15) is 38.7 Å². The maximum atomic E-state index is 13.3. The number of nitrogens with zero attached hydrogens (tertiary/aromatic N) is 1. The zero-order valence-corrected chi connectivity index (χ0v) is 15.4. The van der Waals surface area contributed by atoms with Gasteiger partial charge in [0.05, 0.1) is 18.4 Å². The lowest BCUT2D eigenvalue weighted by molar-refractivity contribution is -0.131. The third-order valence-corrected chi connectivity index (χ3v) is 5.02. The molecule has 0 radical (unpaired) electrons. The molecule has 0 aromatic heterocycles. The van der Waals surface area contributed by atoms with Crippen LogP contribution >= 0.6 is 0 Å². The minimum Gasteiger partial charge on any atom is -0.390 e. The molecule has 3 rings (SSSR count). The van der Waals surface area contributed by atoms with Crippen molar-refractivity contribution in [3.8, 4) is 0 Å². The third kappa shape index (κ3) is 5.04. The Labute approximate surface area is 153 Å². The first-order valence-electron chi connectivity index (χ1n) is 9.36. The van der Waals surface area contributed by atoms with E-state index in [1.807, 2.05) is 6.07 Å². The van der Waals surface area contributed by atoms with Crippen LogP contribution in [-0.2, 0) is 20.8 Å². The lowest BCUT2D eigenvalue weighted by Gasteiger charge is -2.31. The molecule has 1 saturated heterocycles. The van der Waals surface area contributed by atoms with E-state index in [0.29, 0.717) is 31.9 Å². The van der Waals surface area contributed by atoms with Crippen molar-refractivity contribution in [1.82, 2.24) is 5.32 Å². The van der Waals surface area contributed by atoms with Crippen molar-refractivity contribution < 1.29 is 18.8 Å². The fourth-order valence-electron chi connectivity index (χ4n) is 3.47. The highest BCUT2D eigenvalue weighted by atomic mass is 19.1. The number of hydrogen-bond donors (Lipinski definition) is 1. The highest BCUT2D eigenvalue weighted by Crippen LogP contribution is 2.25. The van der Waals surface area contributed by atoms with Crippen LogP contribution in [0.15, 0.2) is 29.4 Å². The first-order chi connectivity index (χ1) is 12.5. The minimum atomic E-state index is -0.248. The second-order valence-electron chi connectivity index (χ2n) is 7.52. The monoisotopic (exact) mass is 362 g/mol. The van der Waals surface area contributed by atoms with Gasteiger partial charge < -0.3 is 14.9 Å². The SMILES string of the molecule is CC(C)[C@H]1C[C@H](C(=O)NC[C@@H]2CC(Cc3cccc(F)c3)=NO2)CCO1. The normalized spacial score (nSPS) is 25.7. The van der Waals surface area contributed by atoms with Gasteiger partial charge in [0.15, 0.2) is 0 Å². The molecule has 0 unspecified atom stereocenters. The van der Waals surface area contributed by atoms with E-state index in [2.05, 4.69) is 24.3 Å². The van der Waals surface area contributed by atoms with Crippen molar-refractivity contribution in [2.45, 2.75) is 51.7 Å². The smallest absolute Gasteiger partial charge is 0.223 e. The number of nitrogens with one attached hydrogen (secondary N) is 1. The Morgan fingerprint density at radius 2 is 2.27 bits per heavy atom. The highest BCUT2D eigenvalue weighted by Gasteiger charge is 2.30. The first-order valence-corrected chi connectivity index (χ1v) is 9.36.